The van der Waals surface area contributed by atoms with Gasteiger partial charge in [0, 0.05) is 47.4 Å². The molecule has 3 aromatic rings. The van der Waals surface area contributed by atoms with Crippen LogP contribution in [-0.4, -0.2) is 24.6 Å². The predicted molar refractivity (Wildman–Crippen MR) is 152 cm³/mol. The maximum Gasteiger partial charge on any atom is 0.271 e. The van der Waals surface area contributed by atoms with E-state index in [-0.39, 0.29) is 24.7 Å². The molecule has 0 aliphatic heterocycles. The van der Waals surface area contributed by atoms with Crippen LogP contribution in [0.3, 0.4) is 0 Å². The standard InChI is InChI=1S/C24H23BrCl3N3O4.ClH/c1-2-34-23-10-15(9-19(25)24(23)35-14-16-3-4-17(26)11-20(16)27)13-29-7-8-30-22-6-5-18(31(32)33)12-21(22)28;/h3-6,9-12,29-30H,2,7-8,13-14H2,1H3;1H. The second kappa shape index (κ2) is 14.7. The van der Waals surface area contributed by atoms with E-state index in [0.717, 1.165) is 15.6 Å². The monoisotopic (exact) mass is 637 g/mol. The second-order valence-electron chi connectivity index (χ2n) is 7.39. The summed E-state index contributed by atoms with van der Waals surface area (Å²) in [6.07, 6.45) is 0. The first-order chi connectivity index (χ1) is 16.8. The average molecular weight is 640 g/mol. The molecule has 0 aromatic heterocycles. The third-order valence-corrected chi connectivity index (χ3v) is 6.35. The molecule has 0 saturated heterocycles. The second-order valence-corrected chi connectivity index (χ2v) is 9.49. The smallest absolute Gasteiger partial charge is 0.271 e. The molecule has 0 unspecified atom stereocenters. The summed E-state index contributed by atoms with van der Waals surface area (Å²) >= 11 is 21.9. The number of nitro groups is 1. The first-order valence-electron chi connectivity index (χ1n) is 10.7. The molecule has 0 aliphatic carbocycles. The van der Waals surface area contributed by atoms with E-state index < -0.39 is 4.92 Å². The largest absolute Gasteiger partial charge is 0.490 e. The van der Waals surface area contributed by atoms with Crippen molar-refractivity contribution in [1.29, 1.82) is 0 Å². The van der Waals surface area contributed by atoms with Crippen LogP contribution in [0.2, 0.25) is 15.1 Å². The lowest BCUT2D eigenvalue weighted by molar-refractivity contribution is -0.384. The Morgan fingerprint density at radius 1 is 1.00 bits per heavy atom. The van der Waals surface area contributed by atoms with Crippen LogP contribution in [0.15, 0.2) is 53.0 Å². The lowest BCUT2D eigenvalue weighted by Gasteiger charge is -2.16. The third kappa shape index (κ3) is 8.57. The summed E-state index contributed by atoms with van der Waals surface area (Å²) in [5, 5.41) is 18.7. The number of rotatable bonds is 12. The van der Waals surface area contributed by atoms with Gasteiger partial charge in [-0.3, -0.25) is 10.1 Å². The number of hydrogen-bond donors (Lipinski definition) is 2. The fourth-order valence-electron chi connectivity index (χ4n) is 3.19. The first-order valence-corrected chi connectivity index (χ1v) is 12.6. The molecular weight excluding hydrogens is 616 g/mol. The fraction of sp³-hybridized carbons (Fsp3) is 0.250. The molecule has 36 heavy (non-hydrogen) atoms. The maximum absolute atomic E-state index is 10.8. The molecule has 3 aromatic carbocycles. The van der Waals surface area contributed by atoms with Gasteiger partial charge in [-0.05, 0) is 58.7 Å². The Morgan fingerprint density at radius 3 is 2.44 bits per heavy atom. The molecule has 12 heteroatoms. The van der Waals surface area contributed by atoms with Crippen LogP contribution in [0.25, 0.3) is 0 Å². The summed E-state index contributed by atoms with van der Waals surface area (Å²) in [6, 6.07) is 13.5. The van der Waals surface area contributed by atoms with E-state index in [9.17, 15) is 10.1 Å². The Labute approximate surface area is 239 Å². The summed E-state index contributed by atoms with van der Waals surface area (Å²) in [5.74, 6) is 1.22. The molecule has 0 spiro atoms. The van der Waals surface area contributed by atoms with Crippen molar-refractivity contribution in [1.82, 2.24) is 5.32 Å². The van der Waals surface area contributed by atoms with Crippen LogP contribution >= 0.6 is 63.1 Å². The van der Waals surface area contributed by atoms with E-state index in [0.29, 0.717) is 58.5 Å². The minimum Gasteiger partial charge on any atom is -0.490 e. The van der Waals surface area contributed by atoms with Gasteiger partial charge in [0.2, 0.25) is 0 Å². The van der Waals surface area contributed by atoms with Gasteiger partial charge in [0.25, 0.3) is 5.69 Å². The quantitative estimate of drug-likeness (QED) is 0.119. The predicted octanol–water partition coefficient (Wildman–Crippen LogP) is 7.92. The Hall–Kier alpha value is -1.94. The minimum absolute atomic E-state index is 0. The molecular formula is C24H24BrCl4N3O4. The summed E-state index contributed by atoms with van der Waals surface area (Å²) in [5.41, 5.74) is 2.42. The highest BCUT2D eigenvalue weighted by Gasteiger charge is 2.14. The van der Waals surface area contributed by atoms with E-state index >= 15 is 0 Å². The van der Waals surface area contributed by atoms with E-state index in [1.807, 2.05) is 25.1 Å². The average Bonchev–Trinajstić information content (AvgIpc) is 2.80. The van der Waals surface area contributed by atoms with Crippen LogP contribution in [0.4, 0.5) is 11.4 Å². The molecule has 0 saturated carbocycles. The lowest BCUT2D eigenvalue weighted by atomic mass is 10.2. The van der Waals surface area contributed by atoms with Crippen molar-refractivity contribution in [3.05, 3.63) is 89.3 Å². The summed E-state index contributed by atoms with van der Waals surface area (Å²) < 4.78 is 12.6. The number of nitrogens with zero attached hydrogens (tertiary/aromatic N) is 1. The van der Waals surface area contributed by atoms with Crippen molar-refractivity contribution in [2.75, 3.05) is 25.0 Å². The number of anilines is 1. The van der Waals surface area contributed by atoms with Gasteiger partial charge in [-0.1, -0.05) is 40.9 Å². The topological polar surface area (TPSA) is 85.7 Å². The highest BCUT2D eigenvalue weighted by Crippen LogP contribution is 2.38. The Balaban J connectivity index is 0.00000456. The SMILES string of the molecule is CCOc1cc(CNCCNc2ccc([N+](=O)[O-])cc2Cl)cc(Br)c1OCc1ccc(Cl)cc1Cl.Cl. The van der Waals surface area contributed by atoms with Gasteiger partial charge in [-0.15, -0.1) is 12.4 Å². The molecule has 0 aliphatic rings. The Morgan fingerprint density at radius 2 is 1.78 bits per heavy atom. The van der Waals surface area contributed by atoms with Crippen LogP contribution in [0.5, 0.6) is 11.5 Å². The molecule has 194 valence electrons. The number of benzene rings is 3. The maximum atomic E-state index is 10.8. The van der Waals surface area contributed by atoms with E-state index in [1.165, 1.54) is 12.1 Å². The van der Waals surface area contributed by atoms with Gasteiger partial charge in [0.1, 0.15) is 6.61 Å². The van der Waals surface area contributed by atoms with Crippen LogP contribution in [0, 0.1) is 10.1 Å². The van der Waals surface area contributed by atoms with Gasteiger partial charge < -0.3 is 20.1 Å². The molecule has 0 atom stereocenters. The number of halogens is 5. The van der Waals surface area contributed by atoms with Gasteiger partial charge in [0.05, 0.1) is 26.7 Å². The number of nitro benzene ring substituents is 1. The molecule has 0 fully saturated rings. The molecule has 0 radical (unpaired) electrons. The van der Waals surface area contributed by atoms with Gasteiger partial charge in [-0.2, -0.15) is 0 Å². The fourth-order valence-corrected chi connectivity index (χ4v) is 4.50. The number of nitrogens with one attached hydrogen (secondary N) is 2. The van der Waals surface area contributed by atoms with Crippen LogP contribution in [-0.2, 0) is 13.2 Å². The first kappa shape index (κ1) is 30.3. The van der Waals surface area contributed by atoms with E-state index in [1.54, 1.807) is 18.2 Å². The van der Waals surface area contributed by atoms with Gasteiger partial charge in [-0.25, -0.2) is 0 Å². The molecule has 0 amide bonds. The molecule has 2 N–H and O–H groups in total. The molecule has 0 bridgehead atoms. The summed E-state index contributed by atoms with van der Waals surface area (Å²) in [6.45, 7) is 4.48. The van der Waals surface area contributed by atoms with Crippen molar-refractivity contribution < 1.29 is 14.4 Å². The van der Waals surface area contributed by atoms with Crippen molar-refractivity contribution in [3.63, 3.8) is 0 Å². The van der Waals surface area contributed by atoms with E-state index in [2.05, 4.69) is 26.6 Å². The van der Waals surface area contributed by atoms with Crippen molar-refractivity contribution in [3.8, 4) is 11.5 Å². The Kier molecular flexibility index (Phi) is 12.4. The van der Waals surface area contributed by atoms with Crippen molar-refractivity contribution in [2.45, 2.75) is 20.1 Å². The third-order valence-electron chi connectivity index (χ3n) is 4.87. The van der Waals surface area contributed by atoms with Gasteiger partial charge >= 0.3 is 0 Å². The minimum atomic E-state index is -0.477. The van der Waals surface area contributed by atoms with Crippen molar-refractivity contribution >= 4 is 74.5 Å². The van der Waals surface area contributed by atoms with Crippen molar-refractivity contribution in [2.24, 2.45) is 0 Å². The summed E-state index contributed by atoms with van der Waals surface area (Å²) in [4.78, 5) is 10.3. The zero-order valence-electron chi connectivity index (χ0n) is 19.2. The van der Waals surface area contributed by atoms with Crippen LogP contribution < -0.4 is 20.1 Å². The normalized spacial score (nSPS) is 10.5. The number of non-ortho nitro benzene ring substituents is 1. The molecule has 7 nitrogen and oxygen atoms in total. The zero-order chi connectivity index (χ0) is 25.4. The summed E-state index contributed by atoms with van der Waals surface area (Å²) in [7, 11) is 0. The van der Waals surface area contributed by atoms with E-state index in [4.69, 9.17) is 44.3 Å². The number of ether oxygens (including phenoxy) is 2. The molecule has 0 heterocycles. The molecule has 3 rings (SSSR count). The van der Waals surface area contributed by atoms with Gasteiger partial charge in [0.15, 0.2) is 11.5 Å². The van der Waals surface area contributed by atoms with Crippen LogP contribution in [0.1, 0.15) is 18.1 Å². The lowest BCUT2D eigenvalue weighted by Crippen LogP contribution is -2.22. The zero-order valence-corrected chi connectivity index (χ0v) is 23.8. The Bertz CT molecular complexity index is 1200. The highest BCUT2D eigenvalue weighted by atomic mass is 79.9. The highest BCUT2D eigenvalue weighted by molar-refractivity contribution is 9.10. The number of hydrogen-bond acceptors (Lipinski definition) is 6.